The minimum atomic E-state index is -0.153. The van der Waals surface area contributed by atoms with Crippen molar-refractivity contribution in [3.63, 3.8) is 0 Å². The highest BCUT2D eigenvalue weighted by molar-refractivity contribution is 5.49. The molecule has 0 unspecified atom stereocenters. The van der Waals surface area contributed by atoms with Crippen LogP contribution in [0.2, 0.25) is 0 Å². The second-order valence-electron chi connectivity index (χ2n) is 7.82. The van der Waals surface area contributed by atoms with Gasteiger partial charge in [-0.25, -0.2) is 0 Å². The molecule has 0 aromatic heterocycles. The lowest BCUT2D eigenvalue weighted by atomic mass is 10.1. The molecule has 1 aliphatic rings. The van der Waals surface area contributed by atoms with Crippen LogP contribution in [0.1, 0.15) is 26.3 Å². The predicted molar refractivity (Wildman–Crippen MR) is 107 cm³/mol. The van der Waals surface area contributed by atoms with Gasteiger partial charge in [-0.1, -0.05) is 12.1 Å². The molecule has 0 aliphatic carbocycles. The first-order chi connectivity index (χ1) is 12.4. The zero-order valence-electron chi connectivity index (χ0n) is 16.4. The summed E-state index contributed by atoms with van der Waals surface area (Å²) >= 11 is 0. The van der Waals surface area contributed by atoms with Gasteiger partial charge in [0.1, 0.15) is 17.1 Å². The number of methoxy groups -OCH3 is 1. The van der Waals surface area contributed by atoms with Crippen molar-refractivity contribution in [2.45, 2.75) is 32.9 Å². The molecule has 4 nitrogen and oxygen atoms in total. The van der Waals surface area contributed by atoms with Crippen molar-refractivity contribution in [1.82, 2.24) is 4.90 Å². The number of benzene rings is 2. The Bertz CT molecular complexity index is 682. The van der Waals surface area contributed by atoms with E-state index in [1.807, 2.05) is 12.1 Å². The van der Waals surface area contributed by atoms with E-state index in [0.29, 0.717) is 0 Å². The summed E-state index contributed by atoms with van der Waals surface area (Å²) in [6.45, 7) is 11.5. The molecule has 140 valence electrons. The van der Waals surface area contributed by atoms with E-state index >= 15 is 0 Å². The third-order valence-corrected chi connectivity index (χ3v) is 4.56. The van der Waals surface area contributed by atoms with Crippen LogP contribution in [0, 0.1) is 0 Å². The van der Waals surface area contributed by atoms with Crippen molar-refractivity contribution >= 4 is 5.69 Å². The summed E-state index contributed by atoms with van der Waals surface area (Å²) < 4.78 is 11.1. The van der Waals surface area contributed by atoms with Crippen LogP contribution in [0.4, 0.5) is 5.69 Å². The van der Waals surface area contributed by atoms with E-state index in [1.54, 1.807) is 7.11 Å². The zero-order valence-corrected chi connectivity index (χ0v) is 16.4. The van der Waals surface area contributed by atoms with Gasteiger partial charge < -0.3 is 14.4 Å². The summed E-state index contributed by atoms with van der Waals surface area (Å²) in [6, 6.07) is 16.9. The Labute approximate surface area is 157 Å². The average molecular weight is 354 g/mol. The fourth-order valence-electron chi connectivity index (χ4n) is 3.23. The van der Waals surface area contributed by atoms with Gasteiger partial charge >= 0.3 is 0 Å². The fourth-order valence-corrected chi connectivity index (χ4v) is 3.23. The molecule has 2 aromatic carbocycles. The number of hydrogen-bond acceptors (Lipinski definition) is 4. The third-order valence-electron chi connectivity index (χ3n) is 4.56. The van der Waals surface area contributed by atoms with Crippen LogP contribution < -0.4 is 14.4 Å². The molecule has 26 heavy (non-hydrogen) atoms. The summed E-state index contributed by atoms with van der Waals surface area (Å²) in [5.41, 5.74) is 2.46. The monoisotopic (exact) mass is 354 g/mol. The first-order valence-electron chi connectivity index (χ1n) is 9.32. The van der Waals surface area contributed by atoms with Crippen molar-refractivity contribution in [2.75, 3.05) is 38.2 Å². The Morgan fingerprint density at radius 2 is 1.38 bits per heavy atom. The highest BCUT2D eigenvalue weighted by Crippen LogP contribution is 2.22. The van der Waals surface area contributed by atoms with Crippen LogP contribution >= 0.6 is 0 Å². The largest absolute Gasteiger partial charge is 0.497 e. The van der Waals surface area contributed by atoms with Gasteiger partial charge in [0.2, 0.25) is 0 Å². The smallest absolute Gasteiger partial charge is 0.120 e. The van der Waals surface area contributed by atoms with E-state index in [4.69, 9.17) is 9.47 Å². The minimum absolute atomic E-state index is 0.153. The number of anilines is 1. The molecule has 0 bridgehead atoms. The molecule has 1 saturated heterocycles. The molecule has 1 aliphatic heterocycles. The first kappa shape index (κ1) is 18.6. The van der Waals surface area contributed by atoms with Gasteiger partial charge in [0, 0.05) is 38.4 Å². The maximum absolute atomic E-state index is 5.90. The molecule has 2 aromatic rings. The van der Waals surface area contributed by atoms with Gasteiger partial charge in [-0.05, 0) is 62.7 Å². The number of hydrogen-bond donors (Lipinski definition) is 0. The van der Waals surface area contributed by atoms with Crippen LogP contribution in [0.25, 0.3) is 0 Å². The summed E-state index contributed by atoms with van der Waals surface area (Å²) in [4.78, 5) is 4.95. The van der Waals surface area contributed by atoms with Crippen molar-refractivity contribution in [3.8, 4) is 11.5 Å². The number of nitrogens with zero attached hydrogens (tertiary/aromatic N) is 2. The first-order valence-corrected chi connectivity index (χ1v) is 9.32. The van der Waals surface area contributed by atoms with Gasteiger partial charge in [-0.15, -0.1) is 0 Å². The standard InChI is InChI=1S/C22H30N2O2/c1-22(2,3)26-21-9-5-18(6-10-21)17-23-13-15-24(16-14-23)19-7-11-20(25-4)12-8-19/h5-12H,13-17H2,1-4H3. The molecular weight excluding hydrogens is 324 g/mol. The lowest BCUT2D eigenvalue weighted by molar-refractivity contribution is 0.131. The highest BCUT2D eigenvalue weighted by Gasteiger charge is 2.17. The van der Waals surface area contributed by atoms with E-state index in [0.717, 1.165) is 44.2 Å². The second-order valence-corrected chi connectivity index (χ2v) is 7.82. The van der Waals surface area contributed by atoms with Crippen molar-refractivity contribution in [1.29, 1.82) is 0 Å². The summed E-state index contributed by atoms with van der Waals surface area (Å²) in [6.07, 6.45) is 0. The highest BCUT2D eigenvalue weighted by atomic mass is 16.5. The minimum Gasteiger partial charge on any atom is -0.497 e. The molecule has 0 radical (unpaired) electrons. The Morgan fingerprint density at radius 1 is 0.808 bits per heavy atom. The van der Waals surface area contributed by atoms with Gasteiger partial charge in [0.15, 0.2) is 0 Å². The van der Waals surface area contributed by atoms with Crippen LogP contribution in [-0.2, 0) is 6.54 Å². The van der Waals surface area contributed by atoms with E-state index in [9.17, 15) is 0 Å². The second kappa shape index (κ2) is 8.00. The quantitative estimate of drug-likeness (QED) is 0.804. The van der Waals surface area contributed by atoms with Crippen LogP contribution in [0.15, 0.2) is 48.5 Å². The molecule has 1 fully saturated rings. The lowest BCUT2D eigenvalue weighted by Gasteiger charge is -2.36. The molecule has 0 N–H and O–H groups in total. The predicted octanol–water partition coefficient (Wildman–Crippen LogP) is 4.19. The molecule has 4 heteroatoms. The normalized spacial score (nSPS) is 15.8. The Morgan fingerprint density at radius 3 is 1.92 bits per heavy atom. The molecular formula is C22H30N2O2. The Balaban J connectivity index is 1.50. The van der Waals surface area contributed by atoms with Gasteiger partial charge in [0.05, 0.1) is 7.11 Å². The molecule has 1 heterocycles. The Hall–Kier alpha value is -2.20. The summed E-state index contributed by atoms with van der Waals surface area (Å²) in [7, 11) is 1.70. The number of rotatable bonds is 5. The van der Waals surface area contributed by atoms with Crippen LogP contribution in [0.5, 0.6) is 11.5 Å². The summed E-state index contributed by atoms with van der Waals surface area (Å²) in [5.74, 6) is 1.84. The third kappa shape index (κ3) is 5.15. The van der Waals surface area contributed by atoms with Gasteiger partial charge in [-0.2, -0.15) is 0 Å². The van der Waals surface area contributed by atoms with E-state index in [2.05, 4.69) is 67.0 Å². The maximum atomic E-state index is 5.90. The average Bonchev–Trinajstić information content (AvgIpc) is 2.63. The summed E-state index contributed by atoms with van der Waals surface area (Å²) in [5, 5.41) is 0. The zero-order chi connectivity index (χ0) is 18.6. The Kier molecular flexibility index (Phi) is 5.72. The van der Waals surface area contributed by atoms with E-state index < -0.39 is 0 Å². The molecule has 0 saturated carbocycles. The lowest BCUT2D eigenvalue weighted by Crippen LogP contribution is -2.45. The SMILES string of the molecule is COc1ccc(N2CCN(Cc3ccc(OC(C)(C)C)cc3)CC2)cc1. The van der Waals surface area contributed by atoms with Crippen LogP contribution in [0.3, 0.4) is 0 Å². The fraction of sp³-hybridized carbons (Fsp3) is 0.455. The topological polar surface area (TPSA) is 24.9 Å². The van der Waals surface area contributed by atoms with Gasteiger partial charge in [0.25, 0.3) is 0 Å². The van der Waals surface area contributed by atoms with Gasteiger partial charge in [-0.3, -0.25) is 4.90 Å². The number of ether oxygens (including phenoxy) is 2. The van der Waals surface area contributed by atoms with E-state index in [-0.39, 0.29) is 5.60 Å². The number of piperazine rings is 1. The van der Waals surface area contributed by atoms with Crippen molar-refractivity contribution < 1.29 is 9.47 Å². The molecule has 0 spiro atoms. The molecule has 3 rings (SSSR count). The van der Waals surface area contributed by atoms with Crippen molar-refractivity contribution in [2.24, 2.45) is 0 Å². The van der Waals surface area contributed by atoms with E-state index in [1.165, 1.54) is 11.3 Å². The molecule has 0 amide bonds. The maximum Gasteiger partial charge on any atom is 0.120 e. The van der Waals surface area contributed by atoms with Crippen molar-refractivity contribution in [3.05, 3.63) is 54.1 Å². The molecule has 0 atom stereocenters. The van der Waals surface area contributed by atoms with Crippen LogP contribution in [-0.4, -0.2) is 43.8 Å².